The van der Waals surface area contributed by atoms with Gasteiger partial charge in [-0.1, -0.05) is 6.08 Å². The normalized spacial score (nSPS) is 10.1. The fourth-order valence-corrected chi connectivity index (χ4v) is 3.13. The van der Waals surface area contributed by atoms with E-state index in [2.05, 4.69) is 35.2 Å². The Morgan fingerprint density at radius 1 is 1.45 bits per heavy atom. The fraction of sp³-hybridized carbons (Fsp3) is 0.250. The Morgan fingerprint density at radius 2 is 2.23 bits per heavy atom. The first-order valence-corrected chi connectivity index (χ1v) is 8.05. The largest absolute Gasteiger partial charge is 0.496 e. The summed E-state index contributed by atoms with van der Waals surface area (Å²) in [6, 6.07) is 6.07. The van der Waals surface area contributed by atoms with E-state index in [-0.39, 0.29) is 0 Å². The summed E-state index contributed by atoms with van der Waals surface area (Å²) in [5, 5.41) is 7.45. The highest BCUT2D eigenvalue weighted by Crippen LogP contribution is 2.32. The van der Waals surface area contributed by atoms with Crippen LogP contribution < -0.4 is 15.4 Å². The highest BCUT2D eigenvalue weighted by atomic mass is 32.1. The second kappa shape index (κ2) is 7.38. The van der Waals surface area contributed by atoms with E-state index in [4.69, 9.17) is 17.0 Å². The standard InChI is InChI=1S/C16H19N3OS2/c1-5-8-17-15(21)19-16-18-14(11(3)22-16)12-6-7-13(20-4)10(2)9-12/h5-7,9H,1,8H2,2-4H3,(H2,17,18,19,21). The molecule has 1 heterocycles. The summed E-state index contributed by atoms with van der Waals surface area (Å²) >= 11 is 6.78. The summed E-state index contributed by atoms with van der Waals surface area (Å²) in [6.07, 6.45) is 1.76. The maximum absolute atomic E-state index is 5.30. The molecule has 0 fully saturated rings. The molecule has 0 atom stereocenters. The molecule has 0 unspecified atom stereocenters. The van der Waals surface area contributed by atoms with Crippen molar-refractivity contribution in [2.45, 2.75) is 13.8 Å². The topological polar surface area (TPSA) is 46.2 Å². The monoisotopic (exact) mass is 333 g/mol. The summed E-state index contributed by atoms with van der Waals surface area (Å²) in [6.45, 7) is 8.35. The first kappa shape index (κ1) is 16.5. The number of aromatic nitrogens is 1. The second-order valence-electron chi connectivity index (χ2n) is 4.73. The van der Waals surface area contributed by atoms with Gasteiger partial charge in [-0.3, -0.25) is 0 Å². The molecular weight excluding hydrogens is 314 g/mol. The molecule has 0 saturated heterocycles. The Labute approximate surface area is 140 Å². The van der Waals surface area contributed by atoms with Crippen LogP contribution in [0.5, 0.6) is 5.75 Å². The number of benzene rings is 1. The molecule has 0 aliphatic rings. The molecule has 0 radical (unpaired) electrons. The van der Waals surface area contributed by atoms with E-state index in [1.165, 1.54) is 0 Å². The highest BCUT2D eigenvalue weighted by molar-refractivity contribution is 7.80. The molecule has 2 rings (SSSR count). The zero-order chi connectivity index (χ0) is 16.1. The Morgan fingerprint density at radius 3 is 2.86 bits per heavy atom. The van der Waals surface area contributed by atoms with Gasteiger partial charge in [0.1, 0.15) is 5.75 Å². The molecule has 1 aromatic heterocycles. The molecule has 0 bridgehead atoms. The number of thiazole rings is 1. The fourth-order valence-electron chi connectivity index (χ4n) is 2.05. The SMILES string of the molecule is C=CCNC(=S)Nc1nc(-c2ccc(OC)c(C)c2)c(C)s1. The third-order valence-corrected chi connectivity index (χ3v) is 4.22. The predicted octanol–water partition coefficient (Wildman–Crippen LogP) is 3.91. The van der Waals surface area contributed by atoms with Crippen molar-refractivity contribution in [3.8, 4) is 17.0 Å². The lowest BCUT2D eigenvalue weighted by Crippen LogP contribution is -2.28. The van der Waals surface area contributed by atoms with Crippen molar-refractivity contribution in [3.63, 3.8) is 0 Å². The van der Waals surface area contributed by atoms with Crippen LogP contribution in [0, 0.1) is 13.8 Å². The third-order valence-electron chi connectivity index (χ3n) is 3.09. The van der Waals surface area contributed by atoms with Crippen LogP contribution in [-0.2, 0) is 0 Å². The van der Waals surface area contributed by atoms with Crippen molar-refractivity contribution in [2.24, 2.45) is 0 Å². The number of hydrogen-bond acceptors (Lipinski definition) is 4. The maximum atomic E-state index is 5.30. The van der Waals surface area contributed by atoms with Gasteiger partial charge in [0.2, 0.25) is 0 Å². The Kier molecular flexibility index (Phi) is 5.51. The molecular formula is C16H19N3OS2. The number of anilines is 1. The van der Waals surface area contributed by atoms with Crippen LogP contribution >= 0.6 is 23.6 Å². The van der Waals surface area contributed by atoms with Crippen LogP contribution in [0.25, 0.3) is 11.3 Å². The lowest BCUT2D eigenvalue weighted by atomic mass is 10.1. The second-order valence-corrected chi connectivity index (χ2v) is 6.34. The van der Waals surface area contributed by atoms with E-state index in [0.717, 1.165) is 32.6 Å². The van der Waals surface area contributed by atoms with E-state index in [9.17, 15) is 0 Å². The minimum atomic E-state index is 0.547. The van der Waals surface area contributed by atoms with Gasteiger partial charge in [0.15, 0.2) is 10.2 Å². The van der Waals surface area contributed by atoms with Crippen molar-refractivity contribution in [2.75, 3.05) is 19.0 Å². The number of hydrogen-bond donors (Lipinski definition) is 2. The average Bonchev–Trinajstić information content (AvgIpc) is 2.85. The average molecular weight is 333 g/mol. The molecule has 2 aromatic rings. The van der Waals surface area contributed by atoms with Gasteiger partial charge in [0, 0.05) is 17.0 Å². The quantitative estimate of drug-likeness (QED) is 0.642. The molecule has 0 aliphatic heterocycles. The van der Waals surface area contributed by atoms with Gasteiger partial charge >= 0.3 is 0 Å². The zero-order valence-electron chi connectivity index (χ0n) is 12.9. The number of aryl methyl sites for hydroxylation is 2. The molecule has 116 valence electrons. The first-order chi connectivity index (χ1) is 10.5. The molecule has 6 heteroatoms. The summed E-state index contributed by atoms with van der Waals surface area (Å²) in [4.78, 5) is 5.78. The van der Waals surface area contributed by atoms with Crippen molar-refractivity contribution in [1.29, 1.82) is 0 Å². The Balaban J connectivity index is 2.21. The van der Waals surface area contributed by atoms with Crippen LogP contribution in [-0.4, -0.2) is 23.8 Å². The van der Waals surface area contributed by atoms with Crippen LogP contribution in [0.1, 0.15) is 10.4 Å². The van der Waals surface area contributed by atoms with Gasteiger partial charge in [-0.15, -0.1) is 17.9 Å². The molecule has 4 nitrogen and oxygen atoms in total. The van der Waals surface area contributed by atoms with Crippen LogP contribution in [0.4, 0.5) is 5.13 Å². The Bertz CT molecular complexity index is 695. The van der Waals surface area contributed by atoms with Gasteiger partial charge in [-0.2, -0.15) is 0 Å². The van der Waals surface area contributed by atoms with Crippen molar-refractivity contribution in [1.82, 2.24) is 10.3 Å². The molecule has 2 N–H and O–H groups in total. The zero-order valence-corrected chi connectivity index (χ0v) is 14.5. The lowest BCUT2D eigenvalue weighted by Gasteiger charge is -2.06. The lowest BCUT2D eigenvalue weighted by molar-refractivity contribution is 0.412. The molecule has 0 aliphatic carbocycles. The smallest absolute Gasteiger partial charge is 0.189 e. The van der Waals surface area contributed by atoms with Crippen molar-refractivity contribution < 1.29 is 4.74 Å². The van der Waals surface area contributed by atoms with Gasteiger partial charge in [-0.05, 0) is 49.8 Å². The number of rotatable bonds is 5. The Hall–Kier alpha value is -1.92. The maximum Gasteiger partial charge on any atom is 0.189 e. The number of ether oxygens (including phenoxy) is 1. The van der Waals surface area contributed by atoms with Crippen LogP contribution in [0.3, 0.4) is 0 Å². The van der Waals surface area contributed by atoms with Crippen molar-refractivity contribution >= 4 is 33.8 Å². The minimum absolute atomic E-state index is 0.547. The van der Waals surface area contributed by atoms with Gasteiger partial charge in [-0.25, -0.2) is 4.98 Å². The molecule has 0 amide bonds. The number of thiocarbonyl (C=S) groups is 1. The van der Waals surface area contributed by atoms with E-state index in [1.54, 1.807) is 24.5 Å². The highest BCUT2D eigenvalue weighted by Gasteiger charge is 2.12. The van der Waals surface area contributed by atoms with Crippen LogP contribution in [0.2, 0.25) is 0 Å². The molecule has 0 saturated carbocycles. The predicted molar refractivity (Wildman–Crippen MR) is 98.0 cm³/mol. The van der Waals surface area contributed by atoms with E-state index < -0.39 is 0 Å². The van der Waals surface area contributed by atoms with Crippen LogP contribution in [0.15, 0.2) is 30.9 Å². The van der Waals surface area contributed by atoms with Crippen molar-refractivity contribution in [3.05, 3.63) is 41.3 Å². The molecule has 0 spiro atoms. The summed E-state index contributed by atoms with van der Waals surface area (Å²) in [7, 11) is 1.68. The number of methoxy groups -OCH3 is 1. The molecule has 1 aromatic carbocycles. The summed E-state index contributed by atoms with van der Waals surface area (Å²) in [5.41, 5.74) is 3.12. The van der Waals surface area contributed by atoms with E-state index in [1.807, 2.05) is 19.1 Å². The minimum Gasteiger partial charge on any atom is -0.496 e. The van der Waals surface area contributed by atoms with E-state index >= 15 is 0 Å². The summed E-state index contributed by atoms with van der Waals surface area (Å²) < 4.78 is 5.30. The first-order valence-electron chi connectivity index (χ1n) is 6.83. The number of nitrogens with one attached hydrogen (secondary N) is 2. The van der Waals surface area contributed by atoms with Gasteiger partial charge in [0.25, 0.3) is 0 Å². The van der Waals surface area contributed by atoms with Gasteiger partial charge < -0.3 is 15.4 Å². The molecule has 22 heavy (non-hydrogen) atoms. The number of nitrogens with zero attached hydrogens (tertiary/aromatic N) is 1. The third kappa shape index (κ3) is 3.84. The van der Waals surface area contributed by atoms with E-state index in [0.29, 0.717) is 11.7 Å². The summed E-state index contributed by atoms with van der Waals surface area (Å²) in [5.74, 6) is 0.879. The van der Waals surface area contributed by atoms with Gasteiger partial charge in [0.05, 0.1) is 12.8 Å².